The van der Waals surface area contributed by atoms with Gasteiger partial charge in [-0.1, -0.05) is 30.3 Å². The second kappa shape index (κ2) is 7.62. The number of esters is 1. The number of nitrogens with zero attached hydrogens (tertiary/aromatic N) is 1. The molecule has 2 heterocycles. The van der Waals surface area contributed by atoms with Crippen molar-refractivity contribution in [3.05, 3.63) is 35.9 Å². The highest BCUT2D eigenvalue weighted by Crippen LogP contribution is 2.28. The van der Waals surface area contributed by atoms with Crippen LogP contribution in [0, 0.1) is 0 Å². The lowest BCUT2D eigenvalue weighted by atomic mass is 9.90. The van der Waals surface area contributed by atoms with E-state index >= 15 is 0 Å². The van der Waals surface area contributed by atoms with Gasteiger partial charge < -0.3 is 4.74 Å². The Morgan fingerprint density at radius 2 is 2.04 bits per heavy atom. The van der Waals surface area contributed by atoms with Crippen molar-refractivity contribution in [3.8, 4) is 0 Å². The lowest BCUT2D eigenvalue weighted by Gasteiger charge is -2.43. The third-order valence-corrected chi connectivity index (χ3v) is 4.43. The number of rotatable bonds is 4. The number of carbonyl (C=O) groups is 3. The quantitative estimate of drug-likeness (QED) is 0.673. The van der Waals surface area contributed by atoms with Crippen molar-refractivity contribution in [2.75, 3.05) is 6.61 Å². The second-order valence-electron chi connectivity index (χ2n) is 6.09. The molecule has 134 valence electrons. The topological polar surface area (TPSA) is 99.8 Å². The summed E-state index contributed by atoms with van der Waals surface area (Å²) in [6.07, 6.45) is 0.384. The third kappa shape index (κ3) is 3.80. The van der Waals surface area contributed by atoms with Crippen LogP contribution in [0.2, 0.25) is 0 Å². The zero-order chi connectivity index (χ0) is 17.8. The van der Waals surface area contributed by atoms with Gasteiger partial charge >= 0.3 is 5.97 Å². The molecule has 8 heteroatoms. The van der Waals surface area contributed by atoms with Crippen LogP contribution >= 0.6 is 0 Å². The summed E-state index contributed by atoms with van der Waals surface area (Å²) in [5.41, 5.74) is 9.39. The lowest BCUT2D eigenvalue weighted by molar-refractivity contribution is -0.158. The second-order valence-corrected chi connectivity index (χ2v) is 6.09. The van der Waals surface area contributed by atoms with Crippen molar-refractivity contribution < 1.29 is 19.1 Å². The molecule has 8 nitrogen and oxygen atoms in total. The first-order valence-corrected chi connectivity index (χ1v) is 8.44. The van der Waals surface area contributed by atoms with Crippen LogP contribution in [0.4, 0.5) is 0 Å². The Kier molecular flexibility index (Phi) is 5.30. The average molecular weight is 346 g/mol. The van der Waals surface area contributed by atoms with Crippen molar-refractivity contribution in [1.29, 1.82) is 0 Å². The zero-order valence-corrected chi connectivity index (χ0v) is 14.0. The van der Waals surface area contributed by atoms with Crippen LogP contribution in [0.1, 0.15) is 37.7 Å². The van der Waals surface area contributed by atoms with Crippen LogP contribution in [0.5, 0.6) is 0 Å². The molecule has 0 aromatic heterocycles. The maximum Gasteiger partial charge on any atom is 0.324 e. The molecule has 0 radical (unpaired) electrons. The molecule has 0 aliphatic carbocycles. The fraction of sp³-hybridized carbons (Fsp3) is 0.471. The number of nitrogens with one attached hydrogen (secondary N) is 3. The zero-order valence-electron chi connectivity index (χ0n) is 14.0. The van der Waals surface area contributed by atoms with E-state index in [0.29, 0.717) is 6.42 Å². The number of hydrogen-bond acceptors (Lipinski definition) is 6. The summed E-state index contributed by atoms with van der Waals surface area (Å²) in [7, 11) is 0. The largest absolute Gasteiger partial charge is 0.465 e. The standard InChI is InChI=1S/C17H22N4O4/c1-2-25-17(24)13-8-9-15(23)21(20-13)16-12(10-14(22)18-19-16)11-6-4-3-5-7-11/h3-7,12-13,16,19-20H,2,8-10H2,1H3,(H,18,22). The molecule has 0 saturated carbocycles. The van der Waals surface area contributed by atoms with Crippen molar-refractivity contribution in [2.45, 2.75) is 44.3 Å². The molecule has 2 saturated heterocycles. The Hall–Kier alpha value is -2.45. The van der Waals surface area contributed by atoms with Crippen LogP contribution in [0.25, 0.3) is 0 Å². The highest BCUT2D eigenvalue weighted by Gasteiger charge is 2.41. The number of amides is 2. The number of benzene rings is 1. The molecule has 25 heavy (non-hydrogen) atoms. The van der Waals surface area contributed by atoms with Gasteiger partial charge in [0.2, 0.25) is 11.8 Å². The number of ether oxygens (including phenoxy) is 1. The molecule has 0 bridgehead atoms. The van der Waals surface area contributed by atoms with E-state index < -0.39 is 12.2 Å². The summed E-state index contributed by atoms with van der Waals surface area (Å²) in [5.74, 6) is -0.880. The predicted molar refractivity (Wildman–Crippen MR) is 88.5 cm³/mol. The molecule has 0 spiro atoms. The maximum absolute atomic E-state index is 12.4. The van der Waals surface area contributed by atoms with Crippen molar-refractivity contribution in [1.82, 2.24) is 21.3 Å². The summed E-state index contributed by atoms with van der Waals surface area (Å²) in [4.78, 5) is 36.3. The van der Waals surface area contributed by atoms with Gasteiger partial charge in [0.15, 0.2) is 0 Å². The Balaban J connectivity index is 1.82. The van der Waals surface area contributed by atoms with Gasteiger partial charge in [0, 0.05) is 18.8 Å². The highest BCUT2D eigenvalue weighted by atomic mass is 16.5. The highest BCUT2D eigenvalue weighted by molar-refractivity contribution is 5.83. The molecule has 2 amide bonds. The van der Waals surface area contributed by atoms with Crippen LogP contribution in [0.15, 0.2) is 30.3 Å². The van der Waals surface area contributed by atoms with Gasteiger partial charge in [-0.05, 0) is 18.9 Å². The van der Waals surface area contributed by atoms with Gasteiger partial charge in [0.1, 0.15) is 12.2 Å². The molecule has 2 aliphatic heterocycles. The Labute approximate surface area is 145 Å². The minimum absolute atomic E-state index is 0.130. The van der Waals surface area contributed by atoms with E-state index in [1.165, 1.54) is 5.01 Å². The van der Waals surface area contributed by atoms with E-state index in [2.05, 4.69) is 16.3 Å². The fourth-order valence-electron chi connectivity index (χ4n) is 3.20. The first kappa shape index (κ1) is 17.4. The van der Waals surface area contributed by atoms with Crippen molar-refractivity contribution in [2.24, 2.45) is 0 Å². The van der Waals surface area contributed by atoms with Crippen LogP contribution in [-0.4, -0.2) is 41.6 Å². The van der Waals surface area contributed by atoms with Crippen LogP contribution in [0.3, 0.4) is 0 Å². The molecule has 3 N–H and O–H groups in total. The Morgan fingerprint density at radius 1 is 1.28 bits per heavy atom. The number of hydrogen-bond donors (Lipinski definition) is 3. The number of carbonyl (C=O) groups excluding carboxylic acids is 3. The van der Waals surface area contributed by atoms with E-state index in [1.54, 1.807) is 6.92 Å². The Bertz CT molecular complexity index is 651. The summed E-state index contributed by atoms with van der Waals surface area (Å²) < 4.78 is 5.05. The van der Waals surface area contributed by atoms with Gasteiger partial charge in [-0.3, -0.25) is 24.8 Å². The minimum atomic E-state index is -0.575. The molecule has 3 atom stereocenters. The summed E-state index contributed by atoms with van der Waals surface area (Å²) in [6, 6.07) is 8.96. The summed E-state index contributed by atoms with van der Waals surface area (Å²) >= 11 is 0. The van der Waals surface area contributed by atoms with Gasteiger partial charge in [-0.15, -0.1) is 0 Å². The third-order valence-electron chi connectivity index (χ3n) is 4.43. The van der Waals surface area contributed by atoms with Crippen molar-refractivity contribution >= 4 is 17.8 Å². The smallest absolute Gasteiger partial charge is 0.324 e. The summed E-state index contributed by atoms with van der Waals surface area (Å²) in [6.45, 7) is 2.03. The summed E-state index contributed by atoms with van der Waals surface area (Å²) in [5, 5.41) is 1.42. The van der Waals surface area contributed by atoms with E-state index in [9.17, 15) is 14.4 Å². The first-order valence-electron chi connectivity index (χ1n) is 8.44. The lowest BCUT2D eigenvalue weighted by Crippen LogP contribution is -2.68. The minimum Gasteiger partial charge on any atom is -0.465 e. The van der Waals surface area contributed by atoms with Gasteiger partial charge in [0.25, 0.3) is 0 Å². The molecule has 3 unspecified atom stereocenters. The monoisotopic (exact) mass is 346 g/mol. The molecular formula is C17H22N4O4. The molecule has 1 aromatic rings. The maximum atomic E-state index is 12.4. The van der Waals surface area contributed by atoms with Gasteiger partial charge in [-0.25, -0.2) is 10.9 Å². The normalized spacial score (nSPS) is 26.9. The SMILES string of the molecule is CCOC(=O)C1CCC(=O)N(C2NNC(=O)CC2c2ccccc2)N1. The number of hydrazine groups is 2. The van der Waals surface area contributed by atoms with Crippen molar-refractivity contribution in [3.63, 3.8) is 0 Å². The fourth-order valence-corrected chi connectivity index (χ4v) is 3.20. The molecule has 3 rings (SSSR count). The average Bonchev–Trinajstić information content (AvgIpc) is 2.63. The van der Waals surface area contributed by atoms with Crippen LogP contribution in [-0.2, 0) is 19.1 Å². The van der Waals surface area contributed by atoms with E-state index in [-0.39, 0.29) is 43.2 Å². The van der Waals surface area contributed by atoms with E-state index in [1.807, 2.05) is 30.3 Å². The van der Waals surface area contributed by atoms with Gasteiger partial charge in [-0.2, -0.15) is 0 Å². The molecule has 1 aromatic carbocycles. The predicted octanol–water partition coefficient (Wildman–Crippen LogP) is 0.180. The van der Waals surface area contributed by atoms with Crippen LogP contribution < -0.4 is 16.3 Å². The van der Waals surface area contributed by atoms with E-state index in [4.69, 9.17) is 4.74 Å². The molecule has 2 aliphatic rings. The Morgan fingerprint density at radius 3 is 2.76 bits per heavy atom. The molecular weight excluding hydrogens is 324 g/mol. The van der Waals surface area contributed by atoms with Gasteiger partial charge in [0.05, 0.1) is 6.61 Å². The van der Waals surface area contributed by atoms with E-state index in [0.717, 1.165) is 5.56 Å². The molecule has 2 fully saturated rings. The first-order chi connectivity index (χ1) is 12.1.